The Labute approximate surface area is 144 Å². The number of methoxy groups -OCH3 is 1. The summed E-state index contributed by atoms with van der Waals surface area (Å²) in [6.07, 6.45) is 0.814. The summed E-state index contributed by atoms with van der Waals surface area (Å²) in [4.78, 5) is 11.2. The van der Waals surface area contributed by atoms with Gasteiger partial charge in [-0.1, -0.05) is 45.0 Å². The third kappa shape index (κ3) is 3.61. The van der Waals surface area contributed by atoms with Gasteiger partial charge in [0.2, 0.25) is 0 Å². The van der Waals surface area contributed by atoms with Crippen molar-refractivity contribution < 1.29 is 14.3 Å². The van der Waals surface area contributed by atoms with E-state index in [9.17, 15) is 4.79 Å². The zero-order valence-corrected chi connectivity index (χ0v) is 15.4. The molecule has 2 aromatic rings. The van der Waals surface area contributed by atoms with E-state index < -0.39 is 0 Å². The number of carbonyl (C=O) groups is 1. The maximum Gasteiger partial charge on any atom is 0.308 e. The Hall–Kier alpha value is -2.29. The van der Waals surface area contributed by atoms with Gasteiger partial charge in [-0.2, -0.15) is 0 Å². The van der Waals surface area contributed by atoms with Gasteiger partial charge in [-0.25, -0.2) is 0 Å². The molecule has 3 heteroatoms. The van der Waals surface area contributed by atoms with Crippen molar-refractivity contribution in [2.75, 3.05) is 7.11 Å². The summed E-state index contributed by atoms with van der Waals surface area (Å²) in [5, 5.41) is 0. The Morgan fingerprint density at radius 3 is 2.12 bits per heavy atom. The minimum absolute atomic E-state index is 0.157. The Bertz CT molecular complexity index is 745. The maximum atomic E-state index is 11.2. The van der Waals surface area contributed by atoms with Gasteiger partial charge in [0.25, 0.3) is 0 Å². The SMILES string of the molecule is CCc1cc(C(C)(C)c2ccc(OC)c(C)c2)ccc1OC(C)=O. The van der Waals surface area contributed by atoms with E-state index >= 15 is 0 Å². The number of rotatable bonds is 5. The molecule has 2 aromatic carbocycles. The van der Waals surface area contributed by atoms with E-state index in [4.69, 9.17) is 9.47 Å². The van der Waals surface area contributed by atoms with Crippen LogP contribution in [0.2, 0.25) is 0 Å². The number of carbonyl (C=O) groups excluding carboxylic acids is 1. The number of benzene rings is 2. The average molecular weight is 326 g/mol. The zero-order valence-electron chi connectivity index (χ0n) is 15.4. The van der Waals surface area contributed by atoms with Crippen molar-refractivity contribution in [2.45, 2.75) is 46.5 Å². The molecular formula is C21H26O3. The zero-order chi connectivity index (χ0) is 17.9. The second kappa shape index (κ2) is 7.08. The van der Waals surface area contributed by atoms with E-state index in [1.54, 1.807) is 7.11 Å². The molecule has 0 atom stereocenters. The molecule has 0 aliphatic rings. The standard InChI is InChI=1S/C21H26O3/c1-7-16-13-18(9-11-20(16)24-15(3)22)21(4,5)17-8-10-19(23-6)14(2)12-17/h8-13H,7H2,1-6H3. The predicted molar refractivity (Wildman–Crippen MR) is 97.0 cm³/mol. The first-order chi connectivity index (χ1) is 11.3. The fourth-order valence-electron chi connectivity index (χ4n) is 2.93. The summed E-state index contributed by atoms with van der Waals surface area (Å²) in [7, 11) is 1.69. The van der Waals surface area contributed by atoms with Crippen LogP contribution in [0.25, 0.3) is 0 Å². The molecule has 3 nitrogen and oxygen atoms in total. The lowest BCUT2D eigenvalue weighted by Gasteiger charge is -2.28. The second-order valence-corrected chi connectivity index (χ2v) is 6.58. The van der Waals surface area contributed by atoms with Crippen LogP contribution in [0, 0.1) is 6.92 Å². The fourth-order valence-corrected chi connectivity index (χ4v) is 2.93. The summed E-state index contributed by atoms with van der Waals surface area (Å²) in [6.45, 7) is 9.96. The summed E-state index contributed by atoms with van der Waals surface area (Å²) in [5.74, 6) is 1.26. The van der Waals surface area contributed by atoms with Crippen LogP contribution in [-0.2, 0) is 16.6 Å². The van der Waals surface area contributed by atoms with Crippen LogP contribution in [0.1, 0.15) is 49.9 Å². The summed E-state index contributed by atoms with van der Waals surface area (Å²) in [5.41, 5.74) is 4.43. The molecule has 0 amide bonds. The van der Waals surface area contributed by atoms with E-state index in [2.05, 4.69) is 45.9 Å². The lowest BCUT2D eigenvalue weighted by Crippen LogP contribution is -2.19. The van der Waals surface area contributed by atoms with Crippen molar-refractivity contribution in [1.82, 2.24) is 0 Å². The minimum atomic E-state index is -0.289. The monoisotopic (exact) mass is 326 g/mol. The van der Waals surface area contributed by atoms with Crippen LogP contribution in [0.3, 0.4) is 0 Å². The largest absolute Gasteiger partial charge is 0.496 e. The summed E-state index contributed by atoms with van der Waals surface area (Å²) in [6, 6.07) is 12.4. The van der Waals surface area contributed by atoms with Crippen molar-refractivity contribution in [3.05, 3.63) is 58.7 Å². The highest BCUT2D eigenvalue weighted by Gasteiger charge is 2.25. The lowest BCUT2D eigenvalue weighted by atomic mass is 9.77. The first-order valence-electron chi connectivity index (χ1n) is 8.26. The molecule has 0 N–H and O–H groups in total. The van der Waals surface area contributed by atoms with Gasteiger partial charge in [0.05, 0.1) is 7.11 Å². The normalized spacial score (nSPS) is 11.2. The highest BCUT2D eigenvalue weighted by atomic mass is 16.5. The first-order valence-corrected chi connectivity index (χ1v) is 8.26. The van der Waals surface area contributed by atoms with Crippen molar-refractivity contribution >= 4 is 5.97 Å². The number of hydrogen-bond donors (Lipinski definition) is 0. The van der Waals surface area contributed by atoms with E-state index in [1.807, 2.05) is 18.2 Å². The molecule has 0 aliphatic carbocycles. The van der Waals surface area contributed by atoms with Gasteiger partial charge in [0, 0.05) is 12.3 Å². The topological polar surface area (TPSA) is 35.5 Å². The van der Waals surface area contributed by atoms with Crippen LogP contribution in [0.4, 0.5) is 0 Å². The van der Waals surface area contributed by atoms with Crippen LogP contribution in [-0.4, -0.2) is 13.1 Å². The molecule has 0 aromatic heterocycles. The molecule has 0 spiro atoms. The molecular weight excluding hydrogens is 300 g/mol. The van der Waals surface area contributed by atoms with Gasteiger partial charge in [-0.05, 0) is 47.7 Å². The molecule has 0 aliphatic heterocycles. The molecule has 0 radical (unpaired) electrons. The highest BCUT2D eigenvalue weighted by Crippen LogP contribution is 2.36. The first kappa shape index (κ1) is 18.1. The molecule has 0 heterocycles. The van der Waals surface area contributed by atoms with Crippen molar-refractivity contribution in [2.24, 2.45) is 0 Å². The van der Waals surface area contributed by atoms with Crippen molar-refractivity contribution in [1.29, 1.82) is 0 Å². The van der Waals surface area contributed by atoms with Gasteiger partial charge >= 0.3 is 5.97 Å². The number of hydrogen-bond acceptors (Lipinski definition) is 3. The molecule has 128 valence electrons. The predicted octanol–water partition coefficient (Wildman–Crippen LogP) is 4.82. The number of ether oxygens (including phenoxy) is 2. The Balaban J connectivity index is 2.45. The van der Waals surface area contributed by atoms with E-state index in [0.29, 0.717) is 5.75 Å². The van der Waals surface area contributed by atoms with Crippen LogP contribution < -0.4 is 9.47 Å². The average Bonchev–Trinajstić information content (AvgIpc) is 2.54. The Kier molecular flexibility index (Phi) is 5.33. The highest BCUT2D eigenvalue weighted by molar-refractivity contribution is 5.70. The fraction of sp³-hybridized carbons (Fsp3) is 0.381. The minimum Gasteiger partial charge on any atom is -0.496 e. The van der Waals surface area contributed by atoms with Crippen molar-refractivity contribution in [3.8, 4) is 11.5 Å². The maximum absolute atomic E-state index is 11.2. The quantitative estimate of drug-likeness (QED) is 0.584. The third-order valence-electron chi connectivity index (χ3n) is 4.53. The van der Waals surface area contributed by atoms with Gasteiger partial charge < -0.3 is 9.47 Å². The summed E-state index contributed by atoms with van der Waals surface area (Å²) < 4.78 is 10.7. The number of aryl methyl sites for hydroxylation is 2. The van der Waals surface area contributed by atoms with E-state index in [0.717, 1.165) is 23.3 Å². The van der Waals surface area contributed by atoms with E-state index in [-0.39, 0.29) is 11.4 Å². The second-order valence-electron chi connectivity index (χ2n) is 6.58. The van der Waals surface area contributed by atoms with E-state index in [1.165, 1.54) is 18.1 Å². The van der Waals surface area contributed by atoms with Gasteiger partial charge in [0.15, 0.2) is 0 Å². The van der Waals surface area contributed by atoms with Crippen LogP contribution in [0.15, 0.2) is 36.4 Å². The Morgan fingerprint density at radius 1 is 1.04 bits per heavy atom. The van der Waals surface area contributed by atoms with Crippen molar-refractivity contribution in [3.63, 3.8) is 0 Å². The third-order valence-corrected chi connectivity index (χ3v) is 4.53. The molecule has 0 unspecified atom stereocenters. The molecule has 0 bridgehead atoms. The molecule has 0 saturated heterocycles. The van der Waals surface area contributed by atoms with Gasteiger partial charge in [-0.3, -0.25) is 4.79 Å². The molecule has 2 rings (SSSR count). The molecule has 0 fully saturated rings. The lowest BCUT2D eigenvalue weighted by molar-refractivity contribution is -0.131. The summed E-state index contributed by atoms with van der Waals surface area (Å²) >= 11 is 0. The molecule has 0 saturated carbocycles. The number of esters is 1. The van der Waals surface area contributed by atoms with Crippen LogP contribution >= 0.6 is 0 Å². The smallest absolute Gasteiger partial charge is 0.308 e. The van der Waals surface area contributed by atoms with Crippen LogP contribution in [0.5, 0.6) is 11.5 Å². The Morgan fingerprint density at radius 2 is 1.62 bits per heavy atom. The molecule has 24 heavy (non-hydrogen) atoms. The van der Waals surface area contributed by atoms with Gasteiger partial charge in [0.1, 0.15) is 11.5 Å². The van der Waals surface area contributed by atoms with Gasteiger partial charge in [-0.15, -0.1) is 0 Å².